The second-order valence-electron chi connectivity index (χ2n) is 6.75. The van der Waals surface area contributed by atoms with Crippen LogP contribution in [0.3, 0.4) is 0 Å². The topological polar surface area (TPSA) is 52.7 Å². The van der Waals surface area contributed by atoms with Gasteiger partial charge in [0.15, 0.2) is 0 Å². The van der Waals surface area contributed by atoms with Crippen LogP contribution in [-0.2, 0) is 17.9 Å². The van der Waals surface area contributed by atoms with Gasteiger partial charge in [0, 0.05) is 36.9 Å². The van der Waals surface area contributed by atoms with E-state index in [1.54, 1.807) is 4.90 Å². The number of hydrogen-bond acceptors (Lipinski definition) is 2. The van der Waals surface area contributed by atoms with Crippen LogP contribution in [0, 0.1) is 0 Å². The minimum atomic E-state index is -0.102. The maximum atomic E-state index is 12.5. The lowest BCUT2D eigenvalue weighted by molar-refractivity contribution is -0.117. The first-order valence-corrected chi connectivity index (χ1v) is 8.66. The molecule has 1 fully saturated rings. The molecule has 0 saturated carbocycles. The van der Waals surface area contributed by atoms with E-state index in [0.717, 1.165) is 17.8 Å². The van der Waals surface area contributed by atoms with Crippen molar-refractivity contribution in [2.75, 3.05) is 10.2 Å². The quantitative estimate of drug-likeness (QED) is 0.909. The fraction of sp³-hybridized carbons (Fsp3) is 0.300. The van der Waals surface area contributed by atoms with Crippen molar-refractivity contribution in [2.45, 2.75) is 38.9 Å². The van der Waals surface area contributed by atoms with Gasteiger partial charge in [0.2, 0.25) is 5.91 Å². The van der Waals surface area contributed by atoms with Crippen LogP contribution >= 0.6 is 0 Å². The monoisotopic (exact) mass is 335 g/mol. The predicted molar refractivity (Wildman–Crippen MR) is 97.3 cm³/mol. The van der Waals surface area contributed by atoms with E-state index in [0.29, 0.717) is 19.5 Å². The van der Waals surface area contributed by atoms with Crippen LogP contribution in [-0.4, -0.2) is 22.9 Å². The van der Waals surface area contributed by atoms with Crippen LogP contribution in [0.5, 0.6) is 0 Å². The average molecular weight is 335 g/mol. The summed E-state index contributed by atoms with van der Waals surface area (Å²) in [4.78, 5) is 28.1. The second-order valence-corrected chi connectivity index (χ2v) is 6.75. The fourth-order valence-electron chi connectivity index (χ4n) is 3.61. The Morgan fingerprint density at radius 2 is 1.68 bits per heavy atom. The van der Waals surface area contributed by atoms with Crippen molar-refractivity contribution < 1.29 is 9.59 Å². The first-order valence-electron chi connectivity index (χ1n) is 8.66. The molecule has 5 heteroatoms. The predicted octanol–water partition coefficient (Wildman–Crippen LogP) is 3.75. The zero-order valence-corrected chi connectivity index (χ0v) is 14.2. The fourth-order valence-corrected chi connectivity index (χ4v) is 3.61. The Morgan fingerprint density at radius 3 is 2.24 bits per heavy atom. The highest BCUT2D eigenvalue weighted by molar-refractivity contribution is 5.96. The molecule has 3 amide bonds. The molecule has 0 spiro atoms. The highest BCUT2D eigenvalue weighted by Gasteiger charge is 2.28. The van der Waals surface area contributed by atoms with Gasteiger partial charge in [-0.25, -0.2) is 4.79 Å². The van der Waals surface area contributed by atoms with E-state index < -0.39 is 0 Å². The van der Waals surface area contributed by atoms with Crippen molar-refractivity contribution in [3.05, 3.63) is 59.7 Å². The zero-order chi connectivity index (χ0) is 17.4. The van der Waals surface area contributed by atoms with Crippen LogP contribution in [0.15, 0.2) is 48.5 Å². The third kappa shape index (κ3) is 2.97. The van der Waals surface area contributed by atoms with Crippen LogP contribution in [0.4, 0.5) is 16.2 Å². The molecule has 2 aromatic rings. The number of carbonyl (C=O) groups is 2. The summed E-state index contributed by atoms with van der Waals surface area (Å²) in [6.07, 6.45) is 1.50. The van der Waals surface area contributed by atoms with E-state index in [-0.39, 0.29) is 18.0 Å². The van der Waals surface area contributed by atoms with Crippen molar-refractivity contribution in [1.82, 2.24) is 4.90 Å². The molecular weight excluding hydrogens is 314 g/mol. The first-order chi connectivity index (χ1) is 12.1. The van der Waals surface area contributed by atoms with Gasteiger partial charge < -0.3 is 15.1 Å². The molecule has 0 aromatic heterocycles. The Morgan fingerprint density at radius 1 is 1.04 bits per heavy atom. The summed E-state index contributed by atoms with van der Waals surface area (Å²) >= 11 is 0. The van der Waals surface area contributed by atoms with Gasteiger partial charge in [0.1, 0.15) is 0 Å². The van der Waals surface area contributed by atoms with E-state index in [9.17, 15) is 9.59 Å². The molecule has 25 heavy (non-hydrogen) atoms. The lowest BCUT2D eigenvalue weighted by atomic mass is 10.1. The molecule has 0 aliphatic carbocycles. The Bertz CT molecular complexity index is 791. The van der Waals surface area contributed by atoms with Gasteiger partial charge in [-0.3, -0.25) is 4.79 Å². The lowest BCUT2D eigenvalue weighted by Gasteiger charge is -2.22. The Kier molecular flexibility index (Phi) is 3.92. The number of amides is 3. The number of hydrogen-bond donors (Lipinski definition) is 1. The normalized spacial score (nSPS) is 19.2. The van der Waals surface area contributed by atoms with Crippen molar-refractivity contribution in [2.24, 2.45) is 0 Å². The number of benzene rings is 2. The van der Waals surface area contributed by atoms with E-state index in [1.165, 1.54) is 11.1 Å². The number of rotatable bonds is 2. The van der Waals surface area contributed by atoms with Gasteiger partial charge >= 0.3 is 6.03 Å². The van der Waals surface area contributed by atoms with Crippen molar-refractivity contribution in [3.63, 3.8) is 0 Å². The van der Waals surface area contributed by atoms with Gasteiger partial charge in [-0.1, -0.05) is 24.3 Å². The minimum absolute atomic E-state index is 0.102. The molecule has 2 aromatic carbocycles. The number of urea groups is 1. The number of carbonyl (C=O) groups excluding carboxylic acids is 2. The van der Waals surface area contributed by atoms with Crippen LogP contribution in [0.1, 0.15) is 30.9 Å². The van der Waals surface area contributed by atoms with Gasteiger partial charge in [-0.05, 0) is 48.7 Å². The van der Waals surface area contributed by atoms with E-state index >= 15 is 0 Å². The maximum absolute atomic E-state index is 12.5. The molecule has 2 aliphatic rings. The summed E-state index contributed by atoms with van der Waals surface area (Å²) in [6, 6.07) is 15.8. The summed E-state index contributed by atoms with van der Waals surface area (Å²) in [5.74, 6) is 0.166. The molecule has 0 bridgehead atoms. The molecule has 4 rings (SSSR count). The number of nitrogens with one attached hydrogen (secondary N) is 1. The Hall–Kier alpha value is -2.82. The van der Waals surface area contributed by atoms with E-state index in [2.05, 4.69) is 24.4 Å². The van der Waals surface area contributed by atoms with Gasteiger partial charge in [-0.2, -0.15) is 0 Å². The molecule has 1 unspecified atom stereocenters. The SMILES string of the molecule is CC1CCC(=O)N1c1ccc(NC(=O)N2Cc3ccccc3C2)cc1. The molecule has 1 N–H and O–H groups in total. The summed E-state index contributed by atoms with van der Waals surface area (Å²) in [5.41, 5.74) is 4.04. The summed E-state index contributed by atoms with van der Waals surface area (Å²) in [7, 11) is 0. The largest absolute Gasteiger partial charge is 0.322 e. The van der Waals surface area contributed by atoms with Gasteiger partial charge in [0.25, 0.3) is 0 Å². The Labute approximate surface area is 147 Å². The van der Waals surface area contributed by atoms with Gasteiger partial charge in [0.05, 0.1) is 0 Å². The molecule has 2 aliphatic heterocycles. The van der Waals surface area contributed by atoms with Crippen LogP contribution in [0.25, 0.3) is 0 Å². The highest BCUT2D eigenvalue weighted by Crippen LogP contribution is 2.28. The molecular formula is C20H21N3O2. The second kappa shape index (κ2) is 6.24. The molecule has 1 saturated heterocycles. The third-order valence-electron chi connectivity index (χ3n) is 5.01. The molecule has 0 radical (unpaired) electrons. The van der Waals surface area contributed by atoms with E-state index in [1.807, 2.05) is 41.3 Å². The lowest BCUT2D eigenvalue weighted by Crippen LogP contribution is -2.31. The molecule has 1 atom stereocenters. The van der Waals surface area contributed by atoms with Crippen molar-refractivity contribution in [3.8, 4) is 0 Å². The number of anilines is 2. The molecule has 5 nitrogen and oxygen atoms in total. The van der Waals surface area contributed by atoms with Crippen molar-refractivity contribution >= 4 is 23.3 Å². The van der Waals surface area contributed by atoms with Crippen molar-refractivity contribution in [1.29, 1.82) is 0 Å². The first kappa shape index (κ1) is 15.7. The van der Waals surface area contributed by atoms with Crippen LogP contribution in [0.2, 0.25) is 0 Å². The highest BCUT2D eigenvalue weighted by atomic mass is 16.2. The van der Waals surface area contributed by atoms with E-state index in [4.69, 9.17) is 0 Å². The average Bonchev–Trinajstić information content (AvgIpc) is 3.19. The standard InChI is InChI=1S/C20H21N3O2/c1-14-6-11-19(24)23(14)18-9-7-17(8-10-18)21-20(25)22-12-15-4-2-3-5-16(15)13-22/h2-5,7-10,14H,6,11-13H2,1H3,(H,21,25). The smallest absolute Gasteiger partial charge is 0.316 e. The number of fused-ring (bicyclic) bond motifs is 1. The third-order valence-corrected chi connectivity index (χ3v) is 5.01. The maximum Gasteiger partial charge on any atom is 0.322 e. The zero-order valence-electron chi connectivity index (χ0n) is 14.2. The summed E-state index contributed by atoms with van der Waals surface area (Å²) in [6.45, 7) is 3.34. The molecule has 2 heterocycles. The molecule has 128 valence electrons. The minimum Gasteiger partial charge on any atom is -0.316 e. The summed E-state index contributed by atoms with van der Waals surface area (Å²) in [5, 5.41) is 2.94. The van der Waals surface area contributed by atoms with Gasteiger partial charge in [-0.15, -0.1) is 0 Å². The Balaban J connectivity index is 1.42. The number of nitrogens with zero attached hydrogens (tertiary/aromatic N) is 2. The van der Waals surface area contributed by atoms with Crippen LogP contribution < -0.4 is 10.2 Å². The summed E-state index contributed by atoms with van der Waals surface area (Å²) < 4.78 is 0.